The molecule has 26 heavy (non-hydrogen) atoms. The number of benzene rings is 1. The van der Waals surface area contributed by atoms with E-state index in [0.717, 1.165) is 11.3 Å². The lowest BCUT2D eigenvalue weighted by molar-refractivity contribution is -0.121. The topological polar surface area (TPSA) is 78.1 Å². The summed E-state index contributed by atoms with van der Waals surface area (Å²) in [5, 5.41) is 9.68. The van der Waals surface area contributed by atoms with E-state index in [4.69, 9.17) is 0 Å². The highest BCUT2D eigenvalue weighted by Gasteiger charge is 2.24. The summed E-state index contributed by atoms with van der Waals surface area (Å²) in [4.78, 5) is 26.3. The van der Waals surface area contributed by atoms with Crippen molar-refractivity contribution in [2.75, 3.05) is 13.1 Å². The van der Waals surface area contributed by atoms with Gasteiger partial charge in [-0.2, -0.15) is 5.10 Å². The molecule has 140 valence electrons. The van der Waals surface area contributed by atoms with Gasteiger partial charge in [0.2, 0.25) is 5.91 Å². The minimum Gasteiger partial charge on any atom is -0.350 e. The molecule has 2 rings (SSSR count). The molecule has 0 saturated heterocycles. The van der Waals surface area contributed by atoms with Gasteiger partial charge in [-0.3, -0.25) is 14.7 Å². The number of H-pyrrole nitrogens is 1. The van der Waals surface area contributed by atoms with Crippen molar-refractivity contribution in [1.29, 1.82) is 0 Å². The molecule has 6 nitrogen and oxygen atoms in total. The molecule has 8 heteroatoms. The Balaban J connectivity index is 1.98. The highest BCUT2D eigenvalue weighted by Crippen LogP contribution is 2.26. The number of hydrogen-bond donors (Lipinski definition) is 2. The number of nitrogens with one attached hydrogen (secondary N) is 2. The first-order valence-electron chi connectivity index (χ1n) is 8.37. The van der Waals surface area contributed by atoms with Crippen molar-refractivity contribution in [3.8, 4) is 0 Å². The van der Waals surface area contributed by atoms with Gasteiger partial charge in [-0.15, -0.1) is 0 Å². The van der Waals surface area contributed by atoms with Crippen LogP contribution in [0.5, 0.6) is 0 Å². The standard InChI is InChI=1S/C18H22BrFN4O2/c1-4-24(18(26)17-15(19)16(11(2)3)22-23-17)10-14(25)21-9-12-5-7-13(20)8-6-12/h5-8,11H,4,9-10H2,1-3H3,(H,21,25)(H,22,23). The van der Waals surface area contributed by atoms with Gasteiger partial charge in [-0.1, -0.05) is 26.0 Å². The van der Waals surface area contributed by atoms with E-state index in [1.54, 1.807) is 19.1 Å². The van der Waals surface area contributed by atoms with Crippen LogP contribution in [0, 0.1) is 5.82 Å². The molecule has 1 aromatic carbocycles. The average Bonchev–Trinajstić information content (AvgIpc) is 3.00. The van der Waals surface area contributed by atoms with Crippen molar-refractivity contribution in [2.24, 2.45) is 0 Å². The molecule has 1 heterocycles. The van der Waals surface area contributed by atoms with Crippen LogP contribution < -0.4 is 5.32 Å². The Hall–Kier alpha value is -2.22. The SMILES string of the molecule is CCN(CC(=O)NCc1ccc(F)cc1)C(=O)c1n[nH]c(C(C)C)c1Br. The summed E-state index contributed by atoms with van der Waals surface area (Å²) < 4.78 is 13.5. The lowest BCUT2D eigenvalue weighted by Gasteiger charge is -2.19. The smallest absolute Gasteiger partial charge is 0.275 e. The Morgan fingerprint density at radius 1 is 1.31 bits per heavy atom. The van der Waals surface area contributed by atoms with Gasteiger partial charge in [-0.05, 0) is 46.5 Å². The molecule has 2 N–H and O–H groups in total. The second kappa shape index (κ2) is 8.93. The van der Waals surface area contributed by atoms with Crippen molar-refractivity contribution >= 4 is 27.7 Å². The Labute approximate surface area is 160 Å². The number of nitrogens with zero attached hydrogens (tertiary/aromatic N) is 2. The monoisotopic (exact) mass is 424 g/mol. The highest BCUT2D eigenvalue weighted by molar-refractivity contribution is 9.10. The van der Waals surface area contributed by atoms with Crippen LogP contribution in [0.4, 0.5) is 4.39 Å². The maximum atomic E-state index is 12.9. The maximum Gasteiger partial charge on any atom is 0.275 e. The second-order valence-corrected chi connectivity index (χ2v) is 6.97. The highest BCUT2D eigenvalue weighted by atomic mass is 79.9. The summed E-state index contributed by atoms with van der Waals surface area (Å²) in [7, 11) is 0. The van der Waals surface area contributed by atoms with Gasteiger partial charge in [0.15, 0.2) is 5.69 Å². The van der Waals surface area contributed by atoms with Crippen molar-refractivity contribution < 1.29 is 14.0 Å². The molecule has 2 amide bonds. The minimum atomic E-state index is -0.326. The number of likely N-dealkylation sites (N-methyl/N-ethyl adjacent to an activating group) is 1. The third-order valence-corrected chi connectivity index (χ3v) is 4.72. The summed E-state index contributed by atoms with van der Waals surface area (Å²) in [5.74, 6) is -0.750. The third-order valence-electron chi connectivity index (χ3n) is 3.92. The zero-order valence-electron chi connectivity index (χ0n) is 15.0. The van der Waals surface area contributed by atoms with Crippen LogP contribution in [-0.2, 0) is 11.3 Å². The van der Waals surface area contributed by atoms with Crippen molar-refractivity contribution in [3.63, 3.8) is 0 Å². The largest absolute Gasteiger partial charge is 0.350 e. The first-order chi connectivity index (χ1) is 12.3. The van der Waals surface area contributed by atoms with Gasteiger partial charge in [0.05, 0.1) is 16.7 Å². The fourth-order valence-electron chi connectivity index (χ4n) is 2.38. The summed E-state index contributed by atoms with van der Waals surface area (Å²) in [6, 6.07) is 5.88. The van der Waals surface area contributed by atoms with E-state index in [1.807, 2.05) is 13.8 Å². The number of amides is 2. The number of carbonyl (C=O) groups is 2. The number of halogens is 2. The first-order valence-corrected chi connectivity index (χ1v) is 9.16. The molecule has 1 aromatic heterocycles. The van der Waals surface area contributed by atoms with Crippen LogP contribution in [-0.4, -0.2) is 40.0 Å². The molecule has 0 aliphatic heterocycles. The number of aromatic nitrogens is 2. The van der Waals surface area contributed by atoms with Gasteiger partial charge >= 0.3 is 0 Å². The van der Waals surface area contributed by atoms with E-state index >= 15 is 0 Å². The molecule has 0 radical (unpaired) electrons. The molecular formula is C18H22BrFN4O2. The van der Waals surface area contributed by atoms with Crippen LogP contribution in [0.1, 0.15) is 48.4 Å². The predicted octanol–water partition coefficient (Wildman–Crippen LogP) is 3.21. The van der Waals surface area contributed by atoms with E-state index < -0.39 is 0 Å². The fraction of sp³-hybridized carbons (Fsp3) is 0.389. The van der Waals surface area contributed by atoms with E-state index in [-0.39, 0.29) is 42.3 Å². The quantitative estimate of drug-likeness (QED) is 0.715. The Morgan fingerprint density at radius 2 is 1.96 bits per heavy atom. The minimum absolute atomic E-state index is 0.0765. The molecule has 0 unspecified atom stereocenters. The molecule has 2 aromatic rings. The van der Waals surface area contributed by atoms with Crippen LogP contribution in [0.15, 0.2) is 28.7 Å². The molecule has 0 aliphatic rings. The zero-order chi connectivity index (χ0) is 19.3. The maximum absolute atomic E-state index is 12.9. The lowest BCUT2D eigenvalue weighted by atomic mass is 10.1. The number of aromatic amines is 1. The van der Waals surface area contributed by atoms with E-state index in [2.05, 4.69) is 31.4 Å². The Kier molecular flexibility index (Phi) is 6.90. The van der Waals surface area contributed by atoms with E-state index in [0.29, 0.717) is 11.0 Å². The Morgan fingerprint density at radius 3 is 2.50 bits per heavy atom. The van der Waals surface area contributed by atoms with Gasteiger partial charge in [0, 0.05) is 13.1 Å². The predicted molar refractivity (Wildman–Crippen MR) is 100 cm³/mol. The van der Waals surface area contributed by atoms with Crippen molar-refractivity contribution in [1.82, 2.24) is 20.4 Å². The van der Waals surface area contributed by atoms with Crippen LogP contribution in [0.3, 0.4) is 0 Å². The molecule has 0 fully saturated rings. The number of hydrogen-bond acceptors (Lipinski definition) is 3. The van der Waals surface area contributed by atoms with Crippen LogP contribution in [0.2, 0.25) is 0 Å². The van der Waals surface area contributed by atoms with Gasteiger partial charge in [0.1, 0.15) is 5.82 Å². The molecular weight excluding hydrogens is 403 g/mol. The molecule has 0 spiro atoms. The first kappa shape index (κ1) is 20.1. The van der Waals surface area contributed by atoms with Gasteiger partial charge < -0.3 is 10.2 Å². The van der Waals surface area contributed by atoms with Gasteiger partial charge in [0.25, 0.3) is 5.91 Å². The molecule has 0 saturated carbocycles. The number of carbonyl (C=O) groups excluding carboxylic acids is 2. The van der Waals surface area contributed by atoms with E-state index in [1.165, 1.54) is 17.0 Å². The van der Waals surface area contributed by atoms with Crippen molar-refractivity contribution in [3.05, 3.63) is 51.5 Å². The summed E-state index contributed by atoms with van der Waals surface area (Å²) in [6.45, 7) is 6.36. The van der Waals surface area contributed by atoms with E-state index in [9.17, 15) is 14.0 Å². The normalized spacial score (nSPS) is 10.8. The summed E-state index contributed by atoms with van der Waals surface area (Å²) in [6.07, 6.45) is 0. The lowest BCUT2D eigenvalue weighted by Crippen LogP contribution is -2.40. The summed E-state index contributed by atoms with van der Waals surface area (Å²) >= 11 is 3.41. The molecule has 0 atom stereocenters. The van der Waals surface area contributed by atoms with Crippen molar-refractivity contribution in [2.45, 2.75) is 33.2 Å². The van der Waals surface area contributed by atoms with Crippen LogP contribution >= 0.6 is 15.9 Å². The molecule has 0 bridgehead atoms. The van der Waals surface area contributed by atoms with Crippen LogP contribution in [0.25, 0.3) is 0 Å². The summed E-state index contributed by atoms with van der Waals surface area (Å²) in [5.41, 5.74) is 1.89. The average molecular weight is 425 g/mol. The van der Waals surface area contributed by atoms with Gasteiger partial charge in [-0.25, -0.2) is 4.39 Å². The third kappa shape index (κ3) is 4.91. The Bertz CT molecular complexity index is 774. The number of rotatable bonds is 7. The second-order valence-electron chi connectivity index (χ2n) is 6.18. The zero-order valence-corrected chi connectivity index (χ0v) is 16.6. The molecule has 0 aliphatic carbocycles. The fourth-order valence-corrected chi connectivity index (χ4v) is 3.18.